The first-order valence-electron chi connectivity index (χ1n) is 8.64. The molecule has 0 bridgehead atoms. The fourth-order valence-corrected chi connectivity index (χ4v) is 3.97. The highest BCUT2D eigenvalue weighted by Gasteiger charge is 2.40. The lowest BCUT2D eigenvalue weighted by Gasteiger charge is -2.34. The second-order valence-electron chi connectivity index (χ2n) is 7.44. The zero-order chi connectivity index (χ0) is 13.9. The molecule has 3 aliphatic rings. The lowest BCUT2D eigenvalue weighted by Crippen LogP contribution is -2.36. The van der Waals surface area contributed by atoms with E-state index in [0.717, 1.165) is 43.5 Å². The minimum atomic E-state index is 0.380. The van der Waals surface area contributed by atoms with Gasteiger partial charge in [0.1, 0.15) is 0 Å². The van der Waals surface area contributed by atoms with Crippen LogP contribution in [0.25, 0.3) is 0 Å². The number of rotatable bonds is 5. The summed E-state index contributed by atoms with van der Waals surface area (Å²) < 4.78 is 11.3. The Morgan fingerprint density at radius 2 is 1.90 bits per heavy atom. The molecule has 0 spiro atoms. The second kappa shape index (κ2) is 6.76. The van der Waals surface area contributed by atoms with E-state index in [1.165, 1.54) is 45.3 Å². The van der Waals surface area contributed by atoms with Crippen LogP contribution >= 0.6 is 0 Å². The van der Waals surface area contributed by atoms with Crippen molar-refractivity contribution in [3.05, 3.63) is 0 Å². The first-order chi connectivity index (χ1) is 9.72. The van der Waals surface area contributed by atoms with Crippen molar-refractivity contribution in [2.45, 2.75) is 45.6 Å². The third kappa shape index (κ3) is 3.96. The fourth-order valence-electron chi connectivity index (χ4n) is 3.97. The minimum Gasteiger partial charge on any atom is -0.376 e. The van der Waals surface area contributed by atoms with Crippen LogP contribution < -0.4 is 0 Å². The quantitative estimate of drug-likeness (QED) is 0.773. The summed E-state index contributed by atoms with van der Waals surface area (Å²) in [5.74, 6) is 3.68. The van der Waals surface area contributed by atoms with Crippen molar-refractivity contribution < 1.29 is 9.47 Å². The molecule has 3 heteroatoms. The Balaban J connectivity index is 1.32. The Kier molecular flexibility index (Phi) is 5.00. The molecule has 2 aliphatic heterocycles. The molecule has 0 aromatic carbocycles. The van der Waals surface area contributed by atoms with Crippen molar-refractivity contribution in [1.82, 2.24) is 4.90 Å². The summed E-state index contributed by atoms with van der Waals surface area (Å²) in [6.45, 7) is 11.2. The summed E-state index contributed by atoms with van der Waals surface area (Å²) in [5, 5.41) is 0. The molecule has 3 rings (SSSR count). The third-order valence-corrected chi connectivity index (χ3v) is 5.59. The molecule has 0 radical (unpaired) electrons. The summed E-state index contributed by atoms with van der Waals surface area (Å²) in [7, 11) is 0. The van der Waals surface area contributed by atoms with Crippen molar-refractivity contribution in [1.29, 1.82) is 0 Å². The normalized spacial score (nSPS) is 36.5. The molecule has 1 aliphatic carbocycles. The summed E-state index contributed by atoms with van der Waals surface area (Å²) in [6.07, 6.45) is 5.85. The SMILES string of the molecule is CC(C)C1CCN(CC2CC2C[C@H]2COCCO2)CC1. The van der Waals surface area contributed by atoms with Crippen molar-refractivity contribution >= 4 is 0 Å². The summed E-state index contributed by atoms with van der Waals surface area (Å²) in [5.41, 5.74) is 0. The van der Waals surface area contributed by atoms with Gasteiger partial charge in [0.05, 0.1) is 25.9 Å². The highest BCUT2D eigenvalue weighted by molar-refractivity contribution is 4.91. The third-order valence-electron chi connectivity index (χ3n) is 5.59. The van der Waals surface area contributed by atoms with Crippen LogP contribution in [0.15, 0.2) is 0 Å². The standard InChI is InChI=1S/C17H31NO2/c1-13(2)14-3-5-18(6-4-14)11-16-9-15(16)10-17-12-19-7-8-20-17/h13-17H,3-12H2,1-2H3/t15?,16?,17-/m0/s1. The zero-order valence-electron chi connectivity index (χ0n) is 13.2. The molecule has 3 atom stereocenters. The van der Waals surface area contributed by atoms with Gasteiger partial charge in [0.15, 0.2) is 0 Å². The van der Waals surface area contributed by atoms with E-state index in [0.29, 0.717) is 6.10 Å². The van der Waals surface area contributed by atoms with Gasteiger partial charge in [-0.2, -0.15) is 0 Å². The van der Waals surface area contributed by atoms with Gasteiger partial charge in [-0.3, -0.25) is 0 Å². The van der Waals surface area contributed by atoms with Crippen LogP contribution in [0, 0.1) is 23.7 Å². The summed E-state index contributed by atoms with van der Waals surface area (Å²) in [6, 6.07) is 0. The minimum absolute atomic E-state index is 0.380. The van der Waals surface area contributed by atoms with Crippen LogP contribution in [0.4, 0.5) is 0 Å². The number of ether oxygens (including phenoxy) is 2. The van der Waals surface area contributed by atoms with E-state index in [4.69, 9.17) is 9.47 Å². The molecular formula is C17H31NO2. The lowest BCUT2D eigenvalue weighted by molar-refractivity contribution is -0.0929. The van der Waals surface area contributed by atoms with E-state index in [2.05, 4.69) is 18.7 Å². The lowest BCUT2D eigenvalue weighted by atomic mass is 9.86. The van der Waals surface area contributed by atoms with Gasteiger partial charge in [0, 0.05) is 6.54 Å². The van der Waals surface area contributed by atoms with Gasteiger partial charge in [-0.05, 0) is 62.4 Å². The highest BCUT2D eigenvalue weighted by Crippen LogP contribution is 2.43. The van der Waals surface area contributed by atoms with Crippen LogP contribution in [-0.4, -0.2) is 50.5 Å². The monoisotopic (exact) mass is 281 g/mol. The topological polar surface area (TPSA) is 21.7 Å². The van der Waals surface area contributed by atoms with E-state index in [1.807, 2.05) is 0 Å². The number of hydrogen-bond acceptors (Lipinski definition) is 3. The Bertz CT molecular complexity index is 293. The molecule has 2 saturated heterocycles. The molecule has 2 heterocycles. The molecule has 1 saturated carbocycles. The van der Waals surface area contributed by atoms with Crippen molar-refractivity contribution in [2.24, 2.45) is 23.7 Å². The van der Waals surface area contributed by atoms with Gasteiger partial charge in [-0.25, -0.2) is 0 Å². The van der Waals surface area contributed by atoms with Gasteiger partial charge >= 0.3 is 0 Å². The van der Waals surface area contributed by atoms with Crippen LogP contribution in [0.3, 0.4) is 0 Å². The fraction of sp³-hybridized carbons (Fsp3) is 1.00. The van der Waals surface area contributed by atoms with Gasteiger partial charge in [0.2, 0.25) is 0 Å². The van der Waals surface area contributed by atoms with E-state index in [9.17, 15) is 0 Å². The maximum Gasteiger partial charge on any atom is 0.0812 e. The predicted molar refractivity (Wildman–Crippen MR) is 80.8 cm³/mol. The number of nitrogens with zero attached hydrogens (tertiary/aromatic N) is 1. The first kappa shape index (κ1) is 14.8. The van der Waals surface area contributed by atoms with Crippen molar-refractivity contribution in [3.63, 3.8) is 0 Å². The van der Waals surface area contributed by atoms with Crippen LogP contribution in [-0.2, 0) is 9.47 Å². The summed E-state index contributed by atoms with van der Waals surface area (Å²) >= 11 is 0. The molecule has 0 aromatic rings. The van der Waals surface area contributed by atoms with E-state index >= 15 is 0 Å². The first-order valence-corrected chi connectivity index (χ1v) is 8.64. The molecule has 0 amide bonds. The molecular weight excluding hydrogens is 250 g/mol. The van der Waals surface area contributed by atoms with Crippen molar-refractivity contribution in [2.75, 3.05) is 39.5 Å². The van der Waals surface area contributed by atoms with Gasteiger partial charge in [-0.1, -0.05) is 13.8 Å². The van der Waals surface area contributed by atoms with Gasteiger partial charge in [0.25, 0.3) is 0 Å². The van der Waals surface area contributed by atoms with E-state index < -0.39 is 0 Å². The molecule has 116 valence electrons. The smallest absolute Gasteiger partial charge is 0.0812 e. The average Bonchev–Trinajstić information content (AvgIpc) is 3.18. The molecule has 20 heavy (non-hydrogen) atoms. The number of likely N-dealkylation sites (tertiary alicyclic amines) is 1. The number of hydrogen-bond donors (Lipinski definition) is 0. The summed E-state index contributed by atoms with van der Waals surface area (Å²) in [4.78, 5) is 2.71. The maximum absolute atomic E-state index is 5.77. The zero-order valence-corrected chi connectivity index (χ0v) is 13.2. The average molecular weight is 281 g/mol. The Morgan fingerprint density at radius 3 is 2.55 bits per heavy atom. The van der Waals surface area contributed by atoms with Crippen LogP contribution in [0.1, 0.15) is 39.5 Å². The molecule has 3 fully saturated rings. The highest BCUT2D eigenvalue weighted by atomic mass is 16.6. The van der Waals surface area contributed by atoms with E-state index in [-0.39, 0.29) is 0 Å². The Labute approximate surface area is 124 Å². The molecule has 0 N–H and O–H groups in total. The molecule has 3 nitrogen and oxygen atoms in total. The van der Waals surface area contributed by atoms with Crippen molar-refractivity contribution in [3.8, 4) is 0 Å². The Hall–Kier alpha value is -0.120. The Morgan fingerprint density at radius 1 is 1.10 bits per heavy atom. The van der Waals surface area contributed by atoms with Crippen LogP contribution in [0.2, 0.25) is 0 Å². The number of piperidine rings is 1. The predicted octanol–water partition coefficient (Wildman–Crippen LogP) is 2.80. The van der Waals surface area contributed by atoms with E-state index in [1.54, 1.807) is 0 Å². The maximum atomic E-state index is 5.77. The van der Waals surface area contributed by atoms with Gasteiger partial charge < -0.3 is 14.4 Å². The molecule has 0 aromatic heterocycles. The largest absolute Gasteiger partial charge is 0.376 e. The van der Waals surface area contributed by atoms with Gasteiger partial charge in [-0.15, -0.1) is 0 Å². The second-order valence-corrected chi connectivity index (χ2v) is 7.44. The molecule has 2 unspecified atom stereocenters. The van der Waals surface area contributed by atoms with Crippen LogP contribution in [0.5, 0.6) is 0 Å².